The molecule has 4 nitrogen and oxygen atoms in total. The molecule has 0 radical (unpaired) electrons. The Hall–Kier alpha value is -1.38. The van der Waals surface area contributed by atoms with Crippen molar-refractivity contribution in [1.29, 1.82) is 0 Å². The molecule has 6 heteroatoms. The second-order valence-electron chi connectivity index (χ2n) is 2.61. The maximum atomic E-state index is 10.6. The van der Waals surface area contributed by atoms with Crippen molar-refractivity contribution in [3.05, 3.63) is 32.8 Å². The summed E-state index contributed by atoms with van der Waals surface area (Å²) in [6.45, 7) is 0. The quantitative estimate of drug-likeness (QED) is 0.261. The average molecular weight is 243 g/mol. The molecule has 0 saturated heterocycles. The van der Waals surface area contributed by atoms with Crippen molar-refractivity contribution < 1.29 is 4.92 Å². The minimum atomic E-state index is -0.572. The maximum absolute atomic E-state index is 10.6. The highest BCUT2D eigenvalue weighted by atomic mass is 35.5. The van der Waals surface area contributed by atoms with Crippen LogP contribution in [-0.4, -0.2) is 10.7 Å². The van der Waals surface area contributed by atoms with Gasteiger partial charge < -0.3 is 5.73 Å². The van der Waals surface area contributed by atoms with Gasteiger partial charge in [0, 0.05) is 6.07 Å². The molecule has 0 aliphatic carbocycles. The molecule has 0 aromatic heterocycles. The molecule has 2 N–H and O–H groups in total. The van der Waals surface area contributed by atoms with Gasteiger partial charge >= 0.3 is 0 Å². The molecule has 0 unspecified atom stereocenters. The van der Waals surface area contributed by atoms with Crippen molar-refractivity contribution in [2.24, 2.45) is 0 Å². The van der Waals surface area contributed by atoms with Gasteiger partial charge in [-0.2, -0.15) is 12.6 Å². The standard InChI is InChI=1S/C9H7ClN2O2S/c10-7-5-8(11)9(12(13)14)4-6(7)2-1-3-15/h4-5,15H,3,11H2. The lowest BCUT2D eigenvalue weighted by Gasteiger charge is -2.00. The number of hydrogen-bond acceptors (Lipinski definition) is 4. The summed E-state index contributed by atoms with van der Waals surface area (Å²) in [7, 11) is 0. The predicted molar refractivity (Wildman–Crippen MR) is 63.2 cm³/mol. The maximum Gasteiger partial charge on any atom is 0.293 e. The summed E-state index contributed by atoms with van der Waals surface area (Å²) in [6, 6.07) is 2.58. The number of nitrogens with two attached hydrogens (primary N) is 1. The van der Waals surface area contributed by atoms with Gasteiger partial charge in [0.15, 0.2) is 0 Å². The van der Waals surface area contributed by atoms with Crippen LogP contribution in [0.4, 0.5) is 11.4 Å². The zero-order valence-electron chi connectivity index (χ0n) is 7.53. The summed E-state index contributed by atoms with van der Waals surface area (Å²) in [4.78, 5) is 10.0. The first-order valence-corrected chi connectivity index (χ1v) is 4.90. The third-order valence-corrected chi connectivity index (χ3v) is 2.09. The summed E-state index contributed by atoms with van der Waals surface area (Å²) in [5, 5.41) is 10.9. The second kappa shape index (κ2) is 4.91. The van der Waals surface area contributed by atoms with E-state index in [2.05, 4.69) is 24.5 Å². The van der Waals surface area contributed by atoms with E-state index in [0.717, 1.165) is 0 Å². The Morgan fingerprint density at radius 1 is 1.60 bits per heavy atom. The molecule has 0 heterocycles. The van der Waals surface area contributed by atoms with E-state index in [0.29, 0.717) is 16.3 Å². The summed E-state index contributed by atoms with van der Waals surface area (Å²) in [5.74, 6) is 5.68. The lowest BCUT2D eigenvalue weighted by molar-refractivity contribution is -0.383. The number of nitro benzene ring substituents is 1. The molecule has 0 aliphatic rings. The Bertz CT molecular complexity index is 465. The number of benzene rings is 1. The Labute approximate surface area is 97.0 Å². The van der Waals surface area contributed by atoms with E-state index in [1.165, 1.54) is 12.1 Å². The average Bonchev–Trinajstić information content (AvgIpc) is 2.16. The molecule has 0 bridgehead atoms. The van der Waals surface area contributed by atoms with Crippen LogP contribution in [0.3, 0.4) is 0 Å². The van der Waals surface area contributed by atoms with E-state index >= 15 is 0 Å². The van der Waals surface area contributed by atoms with Crippen molar-refractivity contribution >= 4 is 35.6 Å². The monoisotopic (exact) mass is 242 g/mol. The van der Waals surface area contributed by atoms with Crippen LogP contribution < -0.4 is 5.73 Å². The first-order valence-electron chi connectivity index (χ1n) is 3.89. The number of halogens is 1. The number of anilines is 1. The fraction of sp³-hybridized carbons (Fsp3) is 0.111. The van der Waals surface area contributed by atoms with Crippen LogP contribution in [-0.2, 0) is 0 Å². The van der Waals surface area contributed by atoms with E-state index in [-0.39, 0.29) is 11.4 Å². The van der Waals surface area contributed by atoms with Crippen molar-refractivity contribution in [1.82, 2.24) is 0 Å². The van der Waals surface area contributed by atoms with Crippen molar-refractivity contribution in [3.8, 4) is 11.8 Å². The van der Waals surface area contributed by atoms with Crippen LogP contribution in [0.15, 0.2) is 12.1 Å². The van der Waals surface area contributed by atoms with Crippen LogP contribution in [0.2, 0.25) is 5.02 Å². The molecule has 1 rings (SSSR count). The highest BCUT2D eigenvalue weighted by Crippen LogP contribution is 2.28. The molecule has 1 aromatic carbocycles. The van der Waals surface area contributed by atoms with Gasteiger partial charge in [-0.25, -0.2) is 0 Å². The predicted octanol–water partition coefficient (Wildman–Crippen LogP) is 2.11. The van der Waals surface area contributed by atoms with Crippen LogP contribution in [0.5, 0.6) is 0 Å². The molecule has 1 aromatic rings. The van der Waals surface area contributed by atoms with Crippen LogP contribution >= 0.6 is 24.2 Å². The first-order chi connectivity index (χ1) is 7.06. The van der Waals surface area contributed by atoms with Gasteiger partial charge in [-0.1, -0.05) is 23.4 Å². The number of rotatable bonds is 1. The third-order valence-electron chi connectivity index (χ3n) is 1.62. The fourth-order valence-corrected chi connectivity index (χ4v) is 1.26. The molecule has 0 amide bonds. The van der Waals surface area contributed by atoms with E-state index < -0.39 is 4.92 Å². The molecule has 0 aliphatic heterocycles. The summed E-state index contributed by atoms with van der Waals surface area (Å²) in [6.07, 6.45) is 0. The number of nitro groups is 1. The van der Waals surface area contributed by atoms with E-state index in [9.17, 15) is 10.1 Å². The normalized spacial score (nSPS) is 9.20. The smallest absolute Gasteiger partial charge is 0.293 e. The number of thiol groups is 1. The molecule has 0 fully saturated rings. The van der Waals surface area contributed by atoms with Crippen LogP contribution in [0.25, 0.3) is 0 Å². The van der Waals surface area contributed by atoms with Gasteiger partial charge in [0.2, 0.25) is 0 Å². The number of nitrogens with zero attached hydrogens (tertiary/aromatic N) is 1. The summed E-state index contributed by atoms with van der Waals surface area (Å²) < 4.78 is 0. The largest absolute Gasteiger partial charge is 0.393 e. The van der Waals surface area contributed by atoms with E-state index in [4.69, 9.17) is 17.3 Å². The molecule has 0 saturated carbocycles. The molecular formula is C9H7ClN2O2S. The Morgan fingerprint density at radius 2 is 2.27 bits per heavy atom. The third kappa shape index (κ3) is 2.78. The number of hydrogen-bond donors (Lipinski definition) is 2. The lowest BCUT2D eigenvalue weighted by Crippen LogP contribution is -1.96. The van der Waals surface area contributed by atoms with Gasteiger partial charge in [-0.3, -0.25) is 10.1 Å². The minimum absolute atomic E-state index is 0.0291. The molecule has 0 atom stereocenters. The van der Waals surface area contributed by atoms with Gasteiger partial charge in [-0.05, 0) is 6.07 Å². The fourth-order valence-electron chi connectivity index (χ4n) is 0.966. The molecule has 0 spiro atoms. The molecular weight excluding hydrogens is 236 g/mol. The first kappa shape index (κ1) is 11.7. The van der Waals surface area contributed by atoms with Crippen molar-refractivity contribution in [2.45, 2.75) is 0 Å². The topological polar surface area (TPSA) is 69.2 Å². The van der Waals surface area contributed by atoms with Crippen LogP contribution in [0, 0.1) is 22.0 Å². The zero-order chi connectivity index (χ0) is 11.4. The molecule has 15 heavy (non-hydrogen) atoms. The van der Waals surface area contributed by atoms with Crippen molar-refractivity contribution in [3.63, 3.8) is 0 Å². The summed E-state index contributed by atoms with van der Waals surface area (Å²) in [5.41, 5.74) is 5.65. The molecule has 78 valence electrons. The van der Waals surface area contributed by atoms with Crippen LogP contribution in [0.1, 0.15) is 5.56 Å². The van der Waals surface area contributed by atoms with Gasteiger partial charge in [0.05, 0.1) is 21.3 Å². The van der Waals surface area contributed by atoms with Gasteiger partial charge in [0.25, 0.3) is 5.69 Å². The summed E-state index contributed by atoms with van der Waals surface area (Å²) >= 11 is 9.71. The second-order valence-corrected chi connectivity index (χ2v) is 3.33. The zero-order valence-corrected chi connectivity index (χ0v) is 9.18. The Morgan fingerprint density at radius 3 is 2.80 bits per heavy atom. The highest BCUT2D eigenvalue weighted by Gasteiger charge is 2.14. The van der Waals surface area contributed by atoms with E-state index in [1.807, 2.05) is 0 Å². The highest BCUT2D eigenvalue weighted by molar-refractivity contribution is 7.80. The van der Waals surface area contributed by atoms with E-state index in [1.54, 1.807) is 0 Å². The number of nitrogen functional groups attached to an aromatic ring is 1. The Kier molecular flexibility index (Phi) is 3.83. The minimum Gasteiger partial charge on any atom is -0.393 e. The SMILES string of the molecule is Nc1cc(Cl)c(C#CCS)cc1[N+](=O)[O-]. The van der Waals surface area contributed by atoms with Gasteiger partial charge in [0.1, 0.15) is 5.69 Å². The lowest BCUT2D eigenvalue weighted by atomic mass is 10.2. The van der Waals surface area contributed by atoms with Gasteiger partial charge in [-0.15, -0.1) is 0 Å². The Balaban J connectivity index is 3.29. The van der Waals surface area contributed by atoms with Crippen molar-refractivity contribution in [2.75, 3.05) is 11.5 Å².